The fraction of sp³-hybridized carbons (Fsp3) is 0.500. The molecular formula is C10H14ClN3O4. The van der Waals surface area contributed by atoms with Crippen LogP contribution in [0.1, 0.15) is 10.5 Å². The number of alkyl halides is 1. The normalized spacial score (nSPS) is 10.3. The molecular weight excluding hydrogens is 262 g/mol. The highest BCUT2D eigenvalue weighted by Gasteiger charge is 2.19. The molecule has 8 heteroatoms. The number of carbonyl (C=O) groups excluding carboxylic acids is 1. The van der Waals surface area contributed by atoms with E-state index < -0.39 is 4.92 Å². The van der Waals surface area contributed by atoms with E-state index in [2.05, 4.69) is 5.32 Å². The molecule has 0 spiro atoms. The molecule has 0 unspecified atom stereocenters. The van der Waals surface area contributed by atoms with Crippen molar-refractivity contribution in [3.05, 3.63) is 27.9 Å². The first-order valence-corrected chi connectivity index (χ1v) is 5.83. The van der Waals surface area contributed by atoms with Gasteiger partial charge in [-0.05, 0) is 11.0 Å². The summed E-state index contributed by atoms with van der Waals surface area (Å²) in [7, 11) is 1.47. The number of nitrogens with zero attached hydrogens (tertiary/aromatic N) is 2. The number of aromatic nitrogens is 1. The monoisotopic (exact) mass is 275 g/mol. The predicted molar refractivity (Wildman–Crippen MR) is 65.9 cm³/mol. The molecule has 0 saturated heterocycles. The summed E-state index contributed by atoms with van der Waals surface area (Å²) in [5.74, 6) is -0.101. The molecule has 18 heavy (non-hydrogen) atoms. The number of nitrogens with one attached hydrogen (secondary N) is 1. The zero-order valence-corrected chi connectivity index (χ0v) is 10.6. The Morgan fingerprint density at radius 2 is 2.28 bits per heavy atom. The second kappa shape index (κ2) is 6.97. The molecule has 0 aliphatic rings. The van der Waals surface area contributed by atoms with Gasteiger partial charge in [-0.2, -0.15) is 0 Å². The number of hydrogen-bond donors (Lipinski definition) is 1. The lowest BCUT2D eigenvalue weighted by molar-refractivity contribution is -0.391. The van der Waals surface area contributed by atoms with Crippen LogP contribution in [0.15, 0.2) is 12.1 Å². The van der Waals surface area contributed by atoms with Crippen molar-refractivity contribution in [2.75, 3.05) is 25.6 Å². The van der Waals surface area contributed by atoms with Crippen LogP contribution in [0, 0.1) is 10.1 Å². The Labute approximate surface area is 109 Å². The molecule has 0 atom stereocenters. The predicted octanol–water partition coefficient (Wildman–Crippen LogP) is 0.918. The molecule has 0 radical (unpaired) electrons. The molecule has 7 nitrogen and oxygen atoms in total. The third kappa shape index (κ3) is 3.71. The first kappa shape index (κ1) is 14.5. The molecule has 0 aliphatic carbocycles. The molecule has 0 bridgehead atoms. The van der Waals surface area contributed by atoms with Crippen LogP contribution in [0.25, 0.3) is 0 Å². The van der Waals surface area contributed by atoms with E-state index in [9.17, 15) is 14.9 Å². The van der Waals surface area contributed by atoms with Crippen LogP contribution in [0.5, 0.6) is 0 Å². The molecule has 100 valence electrons. The first-order valence-electron chi connectivity index (χ1n) is 5.30. The maximum Gasteiger partial charge on any atom is 0.323 e. The SMILES string of the molecule is Cn1c(C(=O)NCCOCCCl)ccc1[N+](=O)[O-]. The summed E-state index contributed by atoms with van der Waals surface area (Å²) in [6, 6.07) is 2.70. The Morgan fingerprint density at radius 3 is 2.83 bits per heavy atom. The minimum Gasteiger partial charge on any atom is -0.378 e. The Kier molecular flexibility index (Phi) is 5.60. The van der Waals surface area contributed by atoms with Crippen molar-refractivity contribution in [3.8, 4) is 0 Å². The smallest absolute Gasteiger partial charge is 0.323 e. The van der Waals surface area contributed by atoms with E-state index in [1.807, 2.05) is 0 Å². The van der Waals surface area contributed by atoms with E-state index in [1.165, 1.54) is 23.7 Å². The number of halogens is 1. The standard InChI is InChI=1S/C10H14ClN3O4/c1-13-8(2-3-9(13)14(16)17)10(15)12-5-7-18-6-4-11/h2-3H,4-7H2,1H3,(H,12,15). The molecule has 1 aromatic rings. The van der Waals surface area contributed by atoms with Crippen LogP contribution in [-0.2, 0) is 11.8 Å². The zero-order valence-electron chi connectivity index (χ0n) is 9.89. The Bertz CT molecular complexity index is 433. The second-order valence-corrected chi connectivity index (χ2v) is 3.83. The van der Waals surface area contributed by atoms with Gasteiger partial charge in [0.1, 0.15) is 0 Å². The highest BCUT2D eigenvalue weighted by atomic mass is 35.5. The number of rotatable bonds is 7. The van der Waals surface area contributed by atoms with Crippen LogP contribution in [0.3, 0.4) is 0 Å². The fourth-order valence-electron chi connectivity index (χ4n) is 1.40. The van der Waals surface area contributed by atoms with Crippen molar-refractivity contribution in [1.29, 1.82) is 0 Å². The summed E-state index contributed by atoms with van der Waals surface area (Å²) in [6.07, 6.45) is 0. The lowest BCUT2D eigenvalue weighted by Gasteiger charge is -2.04. The molecule has 0 aliphatic heterocycles. The number of ether oxygens (including phenoxy) is 1. The Balaban J connectivity index is 2.49. The van der Waals surface area contributed by atoms with Crippen molar-refractivity contribution in [2.45, 2.75) is 0 Å². The van der Waals surface area contributed by atoms with Gasteiger partial charge in [-0.1, -0.05) is 0 Å². The molecule has 0 saturated carbocycles. The first-order chi connectivity index (χ1) is 8.57. The molecule has 1 aromatic heterocycles. The summed E-state index contributed by atoms with van der Waals surface area (Å²) in [6.45, 7) is 1.10. The molecule has 1 N–H and O–H groups in total. The van der Waals surface area contributed by atoms with Crippen LogP contribution in [0.4, 0.5) is 5.82 Å². The maximum absolute atomic E-state index is 11.7. The Hall–Kier alpha value is -1.60. The molecule has 1 rings (SSSR count). The van der Waals surface area contributed by atoms with Crippen LogP contribution < -0.4 is 5.32 Å². The van der Waals surface area contributed by atoms with Crippen molar-refractivity contribution in [1.82, 2.24) is 9.88 Å². The molecule has 1 heterocycles. The Morgan fingerprint density at radius 1 is 1.56 bits per heavy atom. The summed E-state index contributed by atoms with van der Waals surface area (Å²) in [5, 5.41) is 13.2. The number of nitro groups is 1. The largest absolute Gasteiger partial charge is 0.378 e. The lowest BCUT2D eigenvalue weighted by atomic mass is 10.4. The second-order valence-electron chi connectivity index (χ2n) is 3.45. The fourth-order valence-corrected chi connectivity index (χ4v) is 1.50. The highest BCUT2D eigenvalue weighted by molar-refractivity contribution is 6.17. The van der Waals surface area contributed by atoms with Crippen molar-refractivity contribution in [3.63, 3.8) is 0 Å². The van der Waals surface area contributed by atoms with Gasteiger partial charge in [0.2, 0.25) is 0 Å². The van der Waals surface area contributed by atoms with Gasteiger partial charge in [0.15, 0.2) is 5.69 Å². The minimum absolute atomic E-state index is 0.126. The maximum atomic E-state index is 11.7. The van der Waals surface area contributed by atoms with E-state index in [1.54, 1.807) is 0 Å². The lowest BCUT2D eigenvalue weighted by Crippen LogP contribution is -2.29. The third-order valence-corrected chi connectivity index (χ3v) is 2.42. The van der Waals surface area contributed by atoms with Crippen molar-refractivity contribution in [2.24, 2.45) is 7.05 Å². The van der Waals surface area contributed by atoms with Gasteiger partial charge >= 0.3 is 5.82 Å². The highest BCUT2D eigenvalue weighted by Crippen LogP contribution is 2.14. The summed E-state index contributed by atoms with van der Waals surface area (Å²) in [4.78, 5) is 21.8. The van der Waals surface area contributed by atoms with E-state index in [4.69, 9.17) is 16.3 Å². The van der Waals surface area contributed by atoms with E-state index >= 15 is 0 Å². The van der Waals surface area contributed by atoms with E-state index in [0.29, 0.717) is 25.6 Å². The van der Waals surface area contributed by atoms with Crippen LogP contribution >= 0.6 is 11.6 Å². The average molecular weight is 276 g/mol. The summed E-state index contributed by atoms with van der Waals surface area (Å²) < 4.78 is 6.31. The van der Waals surface area contributed by atoms with Gasteiger partial charge in [0.05, 0.1) is 20.3 Å². The van der Waals surface area contributed by atoms with Crippen molar-refractivity contribution < 1.29 is 14.5 Å². The van der Waals surface area contributed by atoms with Gasteiger partial charge < -0.3 is 20.2 Å². The van der Waals surface area contributed by atoms with Crippen LogP contribution in [-0.4, -0.2) is 41.0 Å². The summed E-state index contributed by atoms with van der Waals surface area (Å²) in [5.41, 5.74) is 0.235. The van der Waals surface area contributed by atoms with Gasteiger partial charge in [0.25, 0.3) is 5.91 Å². The average Bonchev–Trinajstić information content (AvgIpc) is 2.70. The molecule has 1 amide bonds. The van der Waals surface area contributed by atoms with Crippen molar-refractivity contribution >= 4 is 23.3 Å². The van der Waals surface area contributed by atoms with Gasteiger partial charge in [0, 0.05) is 18.5 Å². The molecule has 0 aromatic carbocycles. The van der Waals surface area contributed by atoms with E-state index in [0.717, 1.165) is 0 Å². The van der Waals surface area contributed by atoms with Gasteiger partial charge in [-0.25, -0.2) is 4.57 Å². The number of hydrogen-bond acceptors (Lipinski definition) is 4. The van der Waals surface area contributed by atoms with Gasteiger partial charge in [-0.15, -0.1) is 11.6 Å². The van der Waals surface area contributed by atoms with Gasteiger partial charge in [-0.3, -0.25) is 4.79 Å². The topological polar surface area (TPSA) is 86.4 Å². The minimum atomic E-state index is -0.541. The number of amides is 1. The van der Waals surface area contributed by atoms with E-state index in [-0.39, 0.29) is 17.4 Å². The number of carbonyl (C=O) groups is 1. The van der Waals surface area contributed by atoms with Crippen LogP contribution in [0.2, 0.25) is 0 Å². The summed E-state index contributed by atoms with van der Waals surface area (Å²) >= 11 is 5.41. The quantitative estimate of drug-likeness (QED) is 0.347. The third-order valence-electron chi connectivity index (χ3n) is 2.27. The zero-order chi connectivity index (χ0) is 13.5. The molecule has 0 fully saturated rings.